The minimum Gasteiger partial charge on any atom is -0.481 e. The molecule has 0 saturated carbocycles. The third-order valence-corrected chi connectivity index (χ3v) is 1.39. The van der Waals surface area contributed by atoms with Gasteiger partial charge in [-0.05, 0) is 5.92 Å². The van der Waals surface area contributed by atoms with Gasteiger partial charge in [-0.25, -0.2) is 0 Å². The van der Waals surface area contributed by atoms with Crippen LogP contribution in [0.5, 0.6) is 0 Å². The Bertz CT molecular complexity index is 183. The molecule has 0 saturated heterocycles. The van der Waals surface area contributed by atoms with E-state index in [1.165, 1.54) is 0 Å². The van der Waals surface area contributed by atoms with Gasteiger partial charge < -0.3 is 15.3 Å². The summed E-state index contributed by atoms with van der Waals surface area (Å²) in [4.78, 5) is 30.6. The lowest BCUT2D eigenvalue weighted by Gasteiger charge is -2.08. The fraction of sp³-hybridized carbons (Fsp3) is 0.571. The molecule has 6 nitrogen and oxygen atoms in total. The van der Waals surface area contributed by atoms with Gasteiger partial charge in [0.25, 0.3) is 0 Å². The zero-order valence-corrected chi connectivity index (χ0v) is 6.77. The van der Waals surface area contributed by atoms with E-state index in [1.54, 1.807) is 0 Å². The monoisotopic (exact) mass is 190 g/mol. The van der Waals surface area contributed by atoms with Gasteiger partial charge in [0, 0.05) is 19.3 Å². The maximum absolute atomic E-state index is 10.2. The second-order valence-corrected chi connectivity index (χ2v) is 2.66. The highest BCUT2D eigenvalue weighted by atomic mass is 16.4. The molecule has 0 aromatic heterocycles. The minimum absolute atomic E-state index is 0.432. The lowest BCUT2D eigenvalue weighted by Crippen LogP contribution is -2.16. The number of carboxylic acids is 3. The Hall–Kier alpha value is -1.59. The van der Waals surface area contributed by atoms with Crippen LogP contribution in [0.25, 0.3) is 0 Å². The van der Waals surface area contributed by atoms with Gasteiger partial charge in [-0.3, -0.25) is 14.4 Å². The van der Waals surface area contributed by atoms with E-state index in [0.29, 0.717) is 0 Å². The summed E-state index contributed by atoms with van der Waals surface area (Å²) in [7, 11) is 0. The van der Waals surface area contributed by atoms with E-state index < -0.39 is 43.1 Å². The maximum Gasteiger partial charge on any atom is 0.303 e. The van der Waals surface area contributed by atoms with E-state index in [-0.39, 0.29) is 0 Å². The Balaban J connectivity index is 4.10. The van der Waals surface area contributed by atoms with Crippen molar-refractivity contribution in [1.29, 1.82) is 0 Å². The van der Waals surface area contributed by atoms with Crippen LogP contribution in [0.4, 0.5) is 0 Å². The number of carbonyl (C=O) groups is 3. The van der Waals surface area contributed by atoms with Crippen molar-refractivity contribution in [3.63, 3.8) is 0 Å². The molecule has 0 radical (unpaired) electrons. The third kappa shape index (κ3) is 6.79. The zero-order valence-electron chi connectivity index (χ0n) is 6.77. The molecule has 0 fully saturated rings. The van der Waals surface area contributed by atoms with Crippen LogP contribution >= 0.6 is 0 Å². The number of hydrogen-bond acceptors (Lipinski definition) is 3. The normalized spacial score (nSPS) is 9.92. The predicted molar refractivity (Wildman–Crippen MR) is 40.2 cm³/mol. The van der Waals surface area contributed by atoms with Crippen LogP contribution in [-0.2, 0) is 14.4 Å². The van der Waals surface area contributed by atoms with Crippen LogP contribution < -0.4 is 0 Å². The molecule has 0 aromatic carbocycles. The molecule has 0 unspecified atom stereocenters. The molecule has 0 amide bonds. The number of rotatable bonds is 6. The molecule has 0 aliphatic heterocycles. The maximum atomic E-state index is 10.2. The largest absolute Gasteiger partial charge is 0.481 e. The van der Waals surface area contributed by atoms with Crippen molar-refractivity contribution in [2.24, 2.45) is 5.92 Å². The van der Waals surface area contributed by atoms with E-state index in [0.717, 1.165) is 0 Å². The first-order valence-corrected chi connectivity index (χ1v) is 3.57. The summed E-state index contributed by atoms with van der Waals surface area (Å²) in [6.07, 6.45) is -1.30. The molecule has 0 spiro atoms. The Labute approximate surface area is 73.8 Å². The van der Waals surface area contributed by atoms with Gasteiger partial charge in [0.05, 0.1) is 0 Å². The highest BCUT2D eigenvalue weighted by Crippen LogP contribution is 2.13. The predicted octanol–water partition coefficient (Wildman–Crippen LogP) is 0.0267. The Morgan fingerprint density at radius 3 is 1.15 bits per heavy atom. The number of aliphatic carboxylic acids is 3. The first kappa shape index (κ1) is 11.4. The van der Waals surface area contributed by atoms with Gasteiger partial charge in [0.15, 0.2) is 0 Å². The lowest BCUT2D eigenvalue weighted by atomic mass is 9.98. The van der Waals surface area contributed by atoms with E-state index >= 15 is 0 Å². The Kier molecular flexibility index (Phi) is 4.50. The first-order valence-electron chi connectivity index (χ1n) is 3.57. The summed E-state index contributed by atoms with van der Waals surface area (Å²) in [5, 5.41) is 25.0. The van der Waals surface area contributed by atoms with Crippen LogP contribution in [0.3, 0.4) is 0 Å². The molecule has 3 N–H and O–H groups in total. The topological polar surface area (TPSA) is 112 Å². The number of hydrogen-bond donors (Lipinski definition) is 3. The summed E-state index contributed by atoms with van der Waals surface area (Å²) in [6.45, 7) is 0. The van der Waals surface area contributed by atoms with Gasteiger partial charge in [-0.1, -0.05) is 0 Å². The van der Waals surface area contributed by atoms with Gasteiger partial charge in [0.1, 0.15) is 0 Å². The van der Waals surface area contributed by atoms with Crippen molar-refractivity contribution in [3.8, 4) is 0 Å². The summed E-state index contributed by atoms with van der Waals surface area (Å²) in [5.74, 6) is -4.40. The molecular weight excluding hydrogens is 180 g/mol. The smallest absolute Gasteiger partial charge is 0.303 e. The molecule has 0 aromatic rings. The summed E-state index contributed by atoms with van der Waals surface area (Å²) in [6, 6.07) is 0. The Morgan fingerprint density at radius 1 is 0.769 bits per heavy atom. The summed E-state index contributed by atoms with van der Waals surface area (Å²) >= 11 is 0. The molecule has 0 heterocycles. The quantitative estimate of drug-likeness (QED) is 0.544. The average molecular weight is 190 g/mol. The minimum atomic E-state index is -1.19. The first-order chi connectivity index (χ1) is 5.91. The lowest BCUT2D eigenvalue weighted by molar-refractivity contribution is -0.142. The molecular formula is C7H10O6. The van der Waals surface area contributed by atoms with E-state index in [1.807, 2.05) is 0 Å². The van der Waals surface area contributed by atoms with Crippen molar-refractivity contribution >= 4 is 17.9 Å². The Morgan fingerprint density at radius 2 is 1.00 bits per heavy atom. The van der Waals surface area contributed by atoms with E-state index in [9.17, 15) is 14.4 Å². The van der Waals surface area contributed by atoms with E-state index in [2.05, 4.69) is 0 Å². The fourth-order valence-corrected chi connectivity index (χ4v) is 0.957. The molecule has 0 atom stereocenters. The van der Waals surface area contributed by atoms with Crippen LogP contribution in [0.15, 0.2) is 0 Å². The van der Waals surface area contributed by atoms with Gasteiger partial charge in [-0.15, -0.1) is 0 Å². The van der Waals surface area contributed by atoms with Crippen molar-refractivity contribution < 1.29 is 29.7 Å². The second-order valence-electron chi connectivity index (χ2n) is 2.66. The molecule has 6 heteroatoms. The average Bonchev–Trinajstić information content (AvgIpc) is 1.80. The van der Waals surface area contributed by atoms with Crippen molar-refractivity contribution in [1.82, 2.24) is 0 Å². The highest BCUT2D eigenvalue weighted by molar-refractivity contribution is 5.74. The molecule has 0 rings (SSSR count). The number of carboxylic acid groups (broad SMARTS) is 3. The van der Waals surface area contributed by atoms with Crippen LogP contribution in [0.1, 0.15) is 19.3 Å². The summed E-state index contributed by atoms with van der Waals surface area (Å²) < 4.78 is 0. The second kappa shape index (κ2) is 5.13. The summed E-state index contributed by atoms with van der Waals surface area (Å²) in [5.41, 5.74) is 0. The van der Waals surface area contributed by atoms with Crippen molar-refractivity contribution in [2.45, 2.75) is 19.3 Å². The zero-order chi connectivity index (χ0) is 10.4. The molecule has 0 aliphatic rings. The SMILES string of the molecule is O=C(O)CC(CC(=O)O)CC(=O)O. The molecule has 0 aliphatic carbocycles. The van der Waals surface area contributed by atoms with E-state index in [4.69, 9.17) is 15.3 Å². The van der Waals surface area contributed by atoms with Gasteiger partial charge >= 0.3 is 17.9 Å². The van der Waals surface area contributed by atoms with Gasteiger partial charge in [0.2, 0.25) is 0 Å². The third-order valence-electron chi connectivity index (χ3n) is 1.39. The van der Waals surface area contributed by atoms with Crippen molar-refractivity contribution in [2.75, 3.05) is 0 Å². The standard InChI is InChI=1S/C7H10O6/c8-5(9)1-4(2-6(10)11)3-7(12)13/h4H,1-3H2,(H,8,9)(H,10,11)(H,12,13). The molecule has 0 bridgehead atoms. The highest BCUT2D eigenvalue weighted by Gasteiger charge is 2.19. The fourth-order valence-electron chi connectivity index (χ4n) is 0.957. The molecule has 13 heavy (non-hydrogen) atoms. The van der Waals surface area contributed by atoms with Crippen LogP contribution in [0.2, 0.25) is 0 Å². The van der Waals surface area contributed by atoms with Crippen LogP contribution in [0, 0.1) is 5.92 Å². The molecule has 74 valence electrons. The van der Waals surface area contributed by atoms with Crippen molar-refractivity contribution in [3.05, 3.63) is 0 Å². The van der Waals surface area contributed by atoms with Crippen LogP contribution in [-0.4, -0.2) is 33.2 Å². The van der Waals surface area contributed by atoms with Gasteiger partial charge in [-0.2, -0.15) is 0 Å².